The van der Waals surface area contributed by atoms with Gasteiger partial charge in [0.05, 0.1) is 4.90 Å². The number of primary amides is 1. The number of nitrogens with zero attached hydrogens (tertiary/aromatic N) is 2. The van der Waals surface area contributed by atoms with Crippen LogP contribution in [0.2, 0.25) is 0 Å². The molecule has 26 heavy (non-hydrogen) atoms. The number of nitrogens with two attached hydrogens (primary N) is 1. The van der Waals surface area contributed by atoms with Crippen molar-refractivity contribution >= 4 is 21.8 Å². The highest BCUT2D eigenvalue weighted by molar-refractivity contribution is 7.89. The minimum atomic E-state index is -3.62. The number of carbonyl (C=O) groups excluding carboxylic acids is 2. The second-order valence-corrected chi connectivity index (χ2v) is 8.89. The van der Waals surface area contributed by atoms with Gasteiger partial charge in [-0.3, -0.25) is 9.59 Å². The Labute approximate surface area is 154 Å². The van der Waals surface area contributed by atoms with Crippen LogP contribution in [0.4, 0.5) is 0 Å². The number of hydrogen-bond acceptors (Lipinski definition) is 4. The van der Waals surface area contributed by atoms with Gasteiger partial charge in [0.25, 0.3) is 0 Å². The number of rotatable bonds is 4. The van der Waals surface area contributed by atoms with E-state index in [-0.39, 0.29) is 22.3 Å². The Balaban J connectivity index is 1.63. The van der Waals surface area contributed by atoms with Crippen LogP contribution in [0.15, 0.2) is 29.2 Å². The minimum Gasteiger partial charge on any atom is -0.366 e. The minimum absolute atomic E-state index is 0.0863. The van der Waals surface area contributed by atoms with Crippen molar-refractivity contribution in [2.45, 2.75) is 37.0 Å². The van der Waals surface area contributed by atoms with Crippen LogP contribution in [0.25, 0.3) is 0 Å². The molecule has 2 fully saturated rings. The molecule has 1 aromatic rings. The molecule has 3 rings (SSSR count). The summed E-state index contributed by atoms with van der Waals surface area (Å²) in [6.45, 7) is 2.32. The number of amides is 2. The molecule has 8 heteroatoms. The van der Waals surface area contributed by atoms with Crippen LogP contribution in [0.1, 0.15) is 42.5 Å². The first-order valence-electron chi connectivity index (χ1n) is 9.08. The van der Waals surface area contributed by atoms with Gasteiger partial charge in [-0.2, -0.15) is 4.31 Å². The fourth-order valence-electron chi connectivity index (χ4n) is 3.66. The van der Waals surface area contributed by atoms with E-state index in [1.54, 1.807) is 0 Å². The zero-order valence-electron chi connectivity index (χ0n) is 14.8. The predicted octanol–water partition coefficient (Wildman–Crippen LogP) is 1.20. The second-order valence-electron chi connectivity index (χ2n) is 6.95. The summed E-state index contributed by atoms with van der Waals surface area (Å²) in [6.07, 6.45) is 4.39. The summed E-state index contributed by atoms with van der Waals surface area (Å²) in [5, 5.41) is 0. The molecule has 7 nitrogen and oxygen atoms in total. The fourth-order valence-corrected chi connectivity index (χ4v) is 5.13. The van der Waals surface area contributed by atoms with Crippen LogP contribution in [-0.2, 0) is 14.8 Å². The maximum absolute atomic E-state index is 12.8. The standard InChI is InChI=1S/C18H25N3O4S/c19-17(22)14-4-6-16(7-5-14)26(24,25)21-12-8-15(9-13-21)18(23)20-10-2-1-3-11-20/h4-7,15H,1-3,8-13H2,(H2,19,22). The summed E-state index contributed by atoms with van der Waals surface area (Å²) in [6, 6.07) is 5.64. The van der Waals surface area contributed by atoms with E-state index in [4.69, 9.17) is 5.73 Å². The van der Waals surface area contributed by atoms with Gasteiger partial charge < -0.3 is 10.6 Å². The lowest BCUT2D eigenvalue weighted by Gasteiger charge is -2.35. The van der Waals surface area contributed by atoms with Crippen LogP contribution >= 0.6 is 0 Å². The molecule has 1 aromatic carbocycles. The van der Waals surface area contributed by atoms with E-state index < -0.39 is 15.9 Å². The van der Waals surface area contributed by atoms with Gasteiger partial charge in [-0.15, -0.1) is 0 Å². The normalized spacial score (nSPS) is 20.1. The van der Waals surface area contributed by atoms with Gasteiger partial charge in [-0.25, -0.2) is 8.42 Å². The third kappa shape index (κ3) is 3.91. The van der Waals surface area contributed by atoms with Crippen LogP contribution < -0.4 is 5.73 Å². The number of hydrogen-bond donors (Lipinski definition) is 1. The van der Waals surface area contributed by atoms with Crippen molar-refractivity contribution < 1.29 is 18.0 Å². The van der Waals surface area contributed by atoms with Gasteiger partial charge in [0.2, 0.25) is 21.8 Å². The molecule has 0 aliphatic carbocycles. The van der Waals surface area contributed by atoms with Crippen molar-refractivity contribution in [3.63, 3.8) is 0 Å². The Hall–Kier alpha value is -1.93. The summed E-state index contributed by atoms with van der Waals surface area (Å²) < 4.78 is 26.9. The van der Waals surface area contributed by atoms with E-state index in [0.717, 1.165) is 25.9 Å². The van der Waals surface area contributed by atoms with E-state index in [1.807, 2.05) is 4.90 Å². The zero-order valence-corrected chi connectivity index (χ0v) is 15.6. The number of carbonyl (C=O) groups is 2. The third-order valence-corrected chi connectivity index (χ3v) is 7.16. The van der Waals surface area contributed by atoms with Crippen LogP contribution in [0.3, 0.4) is 0 Å². The Kier molecular flexibility index (Phi) is 5.62. The summed E-state index contributed by atoms with van der Waals surface area (Å²) in [7, 11) is -3.62. The molecule has 0 bridgehead atoms. The average molecular weight is 379 g/mol. The van der Waals surface area contributed by atoms with Crippen LogP contribution in [0, 0.1) is 5.92 Å². The van der Waals surface area contributed by atoms with Crippen LogP contribution in [0.5, 0.6) is 0 Å². The Morgan fingerprint density at radius 3 is 2.04 bits per heavy atom. The van der Waals surface area contributed by atoms with Crippen molar-refractivity contribution in [3.05, 3.63) is 29.8 Å². The quantitative estimate of drug-likeness (QED) is 0.849. The molecular formula is C18H25N3O4S. The first kappa shape index (κ1) is 18.8. The van der Waals surface area contributed by atoms with Crippen molar-refractivity contribution in [1.82, 2.24) is 9.21 Å². The lowest BCUT2D eigenvalue weighted by Crippen LogP contribution is -2.45. The van der Waals surface area contributed by atoms with Crippen molar-refractivity contribution in [2.24, 2.45) is 11.7 Å². The van der Waals surface area contributed by atoms with Gasteiger partial charge in [-0.05, 0) is 56.4 Å². The maximum Gasteiger partial charge on any atom is 0.248 e. The van der Waals surface area contributed by atoms with Gasteiger partial charge in [-0.1, -0.05) is 0 Å². The topological polar surface area (TPSA) is 101 Å². The average Bonchev–Trinajstić information content (AvgIpc) is 2.68. The third-order valence-electron chi connectivity index (χ3n) is 5.25. The molecule has 0 spiro atoms. The molecule has 2 aliphatic rings. The lowest BCUT2D eigenvalue weighted by molar-refractivity contribution is -0.137. The highest BCUT2D eigenvalue weighted by Gasteiger charge is 2.34. The van der Waals surface area contributed by atoms with Gasteiger partial charge >= 0.3 is 0 Å². The van der Waals surface area contributed by atoms with Crippen molar-refractivity contribution in [3.8, 4) is 0 Å². The van der Waals surface area contributed by atoms with Crippen molar-refractivity contribution in [1.29, 1.82) is 0 Å². The number of likely N-dealkylation sites (tertiary alicyclic amines) is 1. The molecular weight excluding hydrogens is 354 g/mol. The molecule has 2 amide bonds. The smallest absolute Gasteiger partial charge is 0.248 e. The number of benzene rings is 1. The van der Waals surface area contributed by atoms with E-state index in [9.17, 15) is 18.0 Å². The molecule has 0 aromatic heterocycles. The molecule has 2 heterocycles. The molecule has 142 valence electrons. The molecule has 2 saturated heterocycles. The van der Waals surface area contributed by atoms with E-state index in [2.05, 4.69) is 0 Å². The summed E-state index contributed by atoms with van der Waals surface area (Å²) in [4.78, 5) is 25.8. The highest BCUT2D eigenvalue weighted by atomic mass is 32.2. The summed E-state index contributed by atoms with van der Waals surface area (Å²) >= 11 is 0. The Morgan fingerprint density at radius 2 is 1.50 bits per heavy atom. The summed E-state index contributed by atoms with van der Waals surface area (Å²) in [5.41, 5.74) is 5.46. The van der Waals surface area contributed by atoms with Gasteiger partial charge in [0.15, 0.2) is 0 Å². The second kappa shape index (κ2) is 7.75. The highest BCUT2D eigenvalue weighted by Crippen LogP contribution is 2.26. The SMILES string of the molecule is NC(=O)c1ccc(S(=O)(=O)N2CCC(C(=O)N3CCCCC3)CC2)cc1. The van der Waals surface area contributed by atoms with Crippen molar-refractivity contribution in [2.75, 3.05) is 26.2 Å². The first-order valence-corrected chi connectivity index (χ1v) is 10.5. The van der Waals surface area contributed by atoms with Crippen LogP contribution in [-0.4, -0.2) is 55.6 Å². The predicted molar refractivity (Wildman–Crippen MR) is 96.9 cm³/mol. The summed E-state index contributed by atoms with van der Waals surface area (Å²) in [5.74, 6) is -0.504. The molecule has 2 N–H and O–H groups in total. The van der Waals surface area contributed by atoms with E-state index in [1.165, 1.54) is 35.0 Å². The monoisotopic (exact) mass is 379 g/mol. The molecule has 0 atom stereocenters. The zero-order chi connectivity index (χ0) is 18.7. The van der Waals surface area contributed by atoms with E-state index >= 15 is 0 Å². The maximum atomic E-state index is 12.8. The first-order chi connectivity index (χ1) is 12.4. The number of piperidine rings is 2. The Morgan fingerprint density at radius 1 is 0.923 bits per heavy atom. The van der Waals surface area contributed by atoms with Gasteiger partial charge in [0, 0.05) is 37.7 Å². The molecule has 0 radical (unpaired) electrons. The number of sulfonamides is 1. The largest absolute Gasteiger partial charge is 0.366 e. The molecule has 0 saturated carbocycles. The molecule has 0 unspecified atom stereocenters. The Bertz CT molecular complexity index is 762. The fraction of sp³-hybridized carbons (Fsp3) is 0.556. The molecule has 2 aliphatic heterocycles. The van der Waals surface area contributed by atoms with E-state index in [0.29, 0.717) is 25.9 Å². The van der Waals surface area contributed by atoms with Gasteiger partial charge in [0.1, 0.15) is 0 Å². The lowest BCUT2D eigenvalue weighted by atomic mass is 9.95.